The van der Waals surface area contributed by atoms with Gasteiger partial charge in [0.05, 0.1) is 0 Å². The fourth-order valence-corrected chi connectivity index (χ4v) is 1.89. The number of nitrogens with zero attached hydrogens (tertiary/aromatic N) is 5. The molecular formula is C23H28F6N5OPRu-. The van der Waals surface area contributed by atoms with E-state index in [0.29, 0.717) is 12.5 Å². The molecular weight excluding hydrogens is 608 g/mol. The van der Waals surface area contributed by atoms with E-state index >= 15 is 0 Å². The Bertz CT molecular complexity index is 829. The quantitative estimate of drug-likeness (QED) is 0.163. The Labute approximate surface area is 228 Å². The number of rotatable bonds is 2. The van der Waals surface area contributed by atoms with Gasteiger partial charge in [-0.15, -0.1) is 30.3 Å². The van der Waals surface area contributed by atoms with E-state index in [0.717, 1.165) is 5.56 Å². The van der Waals surface area contributed by atoms with Crippen molar-refractivity contribution in [3.8, 4) is 0 Å². The molecule has 0 amide bonds. The van der Waals surface area contributed by atoms with Crippen molar-refractivity contribution in [3.05, 3.63) is 71.8 Å². The van der Waals surface area contributed by atoms with Gasteiger partial charge in [0, 0.05) is 0 Å². The third kappa shape index (κ3) is 35.5. The maximum atomic E-state index is 9.84. The summed E-state index contributed by atoms with van der Waals surface area (Å²) in [6.45, 7) is 18.5. The van der Waals surface area contributed by atoms with Crippen LogP contribution in [0.4, 0.5) is 21.0 Å². The fraction of sp³-hybridized carbons (Fsp3) is 0.261. The van der Waals surface area contributed by atoms with E-state index in [1.54, 1.807) is 0 Å². The van der Waals surface area contributed by atoms with Crippen LogP contribution in [-0.2, 0) is 24.2 Å². The Balaban J connectivity index is -0.000000144. The van der Waals surface area contributed by atoms with Crippen LogP contribution in [0.3, 0.4) is 0 Å². The molecule has 2 aromatic carbocycles. The van der Waals surface area contributed by atoms with E-state index in [2.05, 4.69) is 70.0 Å². The van der Waals surface area contributed by atoms with Crippen molar-refractivity contribution >= 4 is 40.9 Å². The van der Waals surface area contributed by atoms with E-state index in [1.807, 2.05) is 42.5 Å². The molecule has 0 unspecified atom stereocenters. The van der Waals surface area contributed by atoms with Crippen LogP contribution in [0.25, 0.3) is 0 Å². The molecule has 0 spiro atoms. The number of halogens is 6. The largest absolute Gasteiger partial charge is 5.00 e. The third-order valence-electron chi connectivity index (χ3n) is 2.77. The molecule has 3 rings (SSSR count). The second kappa shape index (κ2) is 26.3. The molecule has 6 nitrogen and oxygen atoms in total. The van der Waals surface area contributed by atoms with Gasteiger partial charge in [0.1, 0.15) is 18.5 Å². The average molecular weight is 637 g/mol. The van der Waals surface area contributed by atoms with Crippen molar-refractivity contribution in [1.82, 2.24) is 0 Å². The standard InChI is InChI=1S/C15H12NO.4C2H4N.F5P.FH.Ru/c1-3-7-12(8-4-1)14-11-17-15(16-14)13-9-5-2-6-10-13;4*1-3-2;1-6(2,3,4)5;;/h1-9,14H,11H2;4*1H,2H3;;1H;/q5*-1;;;+5/p-1/t14-;;;;;;;/m0......./s1. The molecule has 1 radical (unpaired) electrons. The van der Waals surface area contributed by atoms with Crippen LogP contribution in [0, 0.1) is 6.07 Å². The van der Waals surface area contributed by atoms with Gasteiger partial charge in [-0.25, -0.2) is 0 Å². The predicted octanol–water partition coefficient (Wildman–Crippen LogP) is 3.74. The van der Waals surface area contributed by atoms with E-state index in [1.165, 1.54) is 33.8 Å². The topological polar surface area (TPSA) is 71.0 Å². The molecule has 2 aromatic rings. The second-order valence-corrected chi connectivity index (χ2v) is 6.90. The van der Waals surface area contributed by atoms with E-state index in [4.69, 9.17) is 4.74 Å². The molecule has 1 atom stereocenters. The van der Waals surface area contributed by atoms with Crippen LogP contribution in [-0.4, -0.2) is 67.6 Å². The first kappa shape index (κ1) is 44.2. The maximum Gasteiger partial charge on any atom is 5.00 e. The van der Waals surface area contributed by atoms with Gasteiger partial charge in [0.15, 0.2) is 0 Å². The normalized spacial score (nSPS) is 13.1. The van der Waals surface area contributed by atoms with Gasteiger partial charge in [-0.2, -0.15) is 0 Å². The second-order valence-electron chi connectivity index (χ2n) is 5.62. The Morgan fingerprint density at radius 3 is 1.54 bits per heavy atom. The first-order valence-corrected chi connectivity index (χ1v) is 11.0. The van der Waals surface area contributed by atoms with Crippen LogP contribution < -0.4 is 4.70 Å². The zero-order valence-electron chi connectivity index (χ0n) is 20.5. The molecule has 0 saturated carbocycles. The molecule has 14 heteroatoms. The Morgan fingerprint density at radius 2 is 1.19 bits per heavy atom. The van der Waals surface area contributed by atoms with E-state index in [9.17, 15) is 21.0 Å². The number of ether oxygens (including phenoxy) is 1. The van der Waals surface area contributed by atoms with Gasteiger partial charge in [-0.05, 0) is 33.8 Å². The smallest absolute Gasteiger partial charge is 1.00 e. The van der Waals surface area contributed by atoms with E-state index < -0.39 is 8.16 Å². The summed E-state index contributed by atoms with van der Waals surface area (Å²) in [6, 6.07) is 21.2. The number of aliphatic imine (C=N–C) groups is 5. The minimum atomic E-state index is -8.55. The summed E-state index contributed by atoms with van der Waals surface area (Å²) in [4.78, 5) is 16.6. The zero-order chi connectivity index (χ0) is 27.8. The van der Waals surface area contributed by atoms with Gasteiger partial charge in [0.25, 0.3) is 0 Å². The molecule has 1 aliphatic heterocycles. The molecule has 0 N–H and O–H groups in total. The molecule has 0 fully saturated rings. The number of benzene rings is 2. The van der Waals surface area contributed by atoms with Crippen LogP contribution in [0.1, 0.15) is 17.2 Å². The first-order valence-electron chi connectivity index (χ1n) is 9.33. The molecule has 37 heavy (non-hydrogen) atoms. The van der Waals surface area contributed by atoms with Gasteiger partial charge < -0.3 is 56.3 Å². The number of hydrogen-bond donors (Lipinski definition) is 0. The summed E-state index contributed by atoms with van der Waals surface area (Å²) in [7, 11) is -2.44. The summed E-state index contributed by atoms with van der Waals surface area (Å²) in [5.74, 6) is 0.694. The molecule has 0 aromatic heterocycles. The van der Waals surface area contributed by atoms with Crippen molar-refractivity contribution in [2.24, 2.45) is 25.0 Å². The molecule has 0 bridgehead atoms. The minimum absolute atomic E-state index is 0. The maximum absolute atomic E-state index is 9.84. The van der Waals surface area contributed by atoms with Gasteiger partial charge >= 0.3 is 48.6 Å². The van der Waals surface area contributed by atoms with Gasteiger partial charge in [0.2, 0.25) is 0 Å². The zero-order valence-corrected chi connectivity index (χ0v) is 23.1. The van der Waals surface area contributed by atoms with Gasteiger partial charge in [-0.3, -0.25) is 4.99 Å². The van der Waals surface area contributed by atoms with Crippen LogP contribution in [0.2, 0.25) is 0 Å². The third-order valence-corrected chi connectivity index (χ3v) is 2.77. The Morgan fingerprint density at radius 1 is 0.811 bits per heavy atom. The SMILES string of the molecule is FP(F)(F)(F)F.[CH-]=NC.[CH-]=NC.[CH-]=NC.[CH-]=NC.[F-].[Ru+5].[c-]1ccccc1C1=N[C@H](c2ccccc2)CO1. The number of hydrogen-bond acceptors (Lipinski definition) is 6. The molecule has 207 valence electrons. The van der Waals surface area contributed by atoms with Crippen molar-refractivity contribution in [3.63, 3.8) is 0 Å². The van der Waals surface area contributed by atoms with Crippen LogP contribution in [0.5, 0.6) is 0 Å². The van der Waals surface area contributed by atoms with Crippen LogP contribution >= 0.6 is 8.16 Å². The van der Waals surface area contributed by atoms with Crippen molar-refractivity contribution in [2.45, 2.75) is 6.04 Å². The van der Waals surface area contributed by atoms with Crippen LogP contribution in [0.15, 0.2) is 79.6 Å². The first-order chi connectivity index (χ1) is 16.3. The molecule has 0 saturated heterocycles. The molecule has 1 heterocycles. The average Bonchev–Trinajstić information content (AvgIpc) is 3.26. The van der Waals surface area contributed by atoms with Gasteiger partial charge in [-0.1, -0.05) is 35.9 Å². The van der Waals surface area contributed by atoms with Crippen molar-refractivity contribution in [2.75, 3.05) is 34.8 Å². The Hall–Kier alpha value is -2.78. The summed E-state index contributed by atoms with van der Waals surface area (Å²) in [5.41, 5.74) is 2.12. The molecule has 1 aliphatic rings. The van der Waals surface area contributed by atoms with E-state index in [-0.39, 0.29) is 30.2 Å². The van der Waals surface area contributed by atoms with Crippen molar-refractivity contribution in [1.29, 1.82) is 0 Å². The summed E-state index contributed by atoms with van der Waals surface area (Å²) < 4.78 is 54.8. The summed E-state index contributed by atoms with van der Waals surface area (Å²) >= 11 is 0. The summed E-state index contributed by atoms with van der Waals surface area (Å²) in [6.07, 6.45) is 0. The predicted molar refractivity (Wildman–Crippen MR) is 137 cm³/mol. The molecule has 0 aliphatic carbocycles. The fourth-order valence-electron chi connectivity index (χ4n) is 1.89. The van der Waals surface area contributed by atoms with Crippen molar-refractivity contribution < 1.29 is 49.9 Å². The summed E-state index contributed by atoms with van der Waals surface area (Å²) in [5, 5.41) is 0. The Kier molecular flexibility index (Phi) is 31.4. The minimum Gasteiger partial charge on any atom is -1.00 e. The monoisotopic (exact) mass is 637 g/mol.